The fraction of sp³-hybridized carbons (Fsp3) is 0.857. The molecule has 2 fully saturated rings. The molecule has 7 unspecified atom stereocenters. The van der Waals surface area contributed by atoms with Gasteiger partial charge >= 0.3 is 0 Å². The summed E-state index contributed by atoms with van der Waals surface area (Å²) in [4.78, 5) is 0. The van der Waals surface area contributed by atoms with Crippen molar-refractivity contribution in [3.05, 3.63) is 12.2 Å². The van der Waals surface area contributed by atoms with Gasteiger partial charge in [-0.15, -0.1) is 0 Å². The molecule has 1 aliphatic heterocycles. The molecule has 2 rings (SSSR count). The first-order valence-electron chi connectivity index (χ1n) is 6.64. The molecule has 2 N–H and O–H groups in total. The number of nitrogens with one attached hydrogen (secondary N) is 2. The van der Waals surface area contributed by atoms with Crippen molar-refractivity contribution in [3.63, 3.8) is 0 Å². The number of rotatable bonds is 0. The van der Waals surface area contributed by atoms with Gasteiger partial charge in [-0.2, -0.15) is 0 Å². The maximum absolute atomic E-state index is 4.34. The molecule has 1 heterocycles. The van der Waals surface area contributed by atoms with Crippen molar-refractivity contribution < 1.29 is 0 Å². The zero-order valence-electron chi connectivity index (χ0n) is 11.2. The molecule has 92 valence electrons. The first-order chi connectivity index (χ1) is 7.43. The summed E-state index contributed by atoms with van der Waals surface area (Å²) in [6, 6.07) is 1.09. The van der Waals surface area contributed by atoms with E-state index in [1.54, 1.807) is 0 Å². The first-order valence-corrected chi connectivity index (χ1v) is 6.64. The Hall–Kier alpha value is -0.340. The van der Waals surface area contributed by atoms with Crippen molar-refractivity contribution in [3.8, 4) is 0 Å². The molecule has 1 aliphatic carbocycles. The summed E-state index contributed by atoms with van der Waals surface area (Å²) < 4.78 is 0. The van der Waals surface area contributed by atoms with Gasteiger partial charge < -0.3 is 0 Å². The smallest absolute Gasteiger partial charge is 0.0549 e. The highest BCUT2D eigenvalue weighted by molar-refractivity contribution is 5.20. The van der Waals surface area contributed by atoms with Crippen LogP contribution in [0, 0.1) is 23.7 Å². The Kier molecular flexibility index (Phi) is 3.15. The van der Waals surface area contributed by atoms with Crippen LogP contribution in [0.2, 0.25) is 0 Å². The second kappa shape index (κ2) is 4.15. The quantitative estimate of drug-likeness (QED) is 0.615. The third-order valence-corrected chi connectivity index (χ3v) is 5.11. The van der Waals surface area contributed by atoms with Gasteiger partial charge in [-0.1, -0.05) is 32.9 Å². The van der Waals surface area contributed by atoms with E-state index in [-0.39, 0.29) is 0 Å². The maximum Gasteiger partial charge on any atom is 0.0549 e. The molecular weight excluding hydrogens is 196 g/mol. The van der Waals surface area contributed by atoms with Crippen molar-refractivity contribution in [1.82, 2.24) is 10.6 Å². The molecule has 0 aromatic rings. The lowest BCUT2D eigenvalue weighted by molar-refractivity contribution is 0.0667. The Balaban J connectivity index is 2.27. The normalized spacial score (nSPS) is 53.6. The topological polar surface area (TPSA) is 24.1 Å². The Labute approximate surface area is 99.9 Å². The van der Waals surface area contributed by atoms with Crippen LogP contribution in [-0.2, 0) is 0 Å². The van der Waals surface area contributed by atoms with Crippen LogP contribution in [0.25, 0.3) is 0 Å². The average Bonchev–Trinajstić information content (AvgIpc) is 2.22. The van der Waals surface area contributed by atoms with Crippen LogP contribution in [0.1, 0.15) is 34.6 Å². The highest BCUT2D eigenvalue weighted by atomic mass is 15.2. The molecule has 2 aliphatic rings. The van der Waals surface area contributed by atoms with Crippen LogP contribution >= 0.6 is 0 Å². The maximum atomic E-state index is 4.34. The van der Waals surface area contributed by atoms with Crippen molar-refractivity contribution in [1.29, 1.82) is 0 Å². The summed E-state index contributed by atoms with van der Waals surface area (Å²) in [6.45, 7) is 16.0. The SMILES string of the molecule is C=C1C(C)C(C)C(C)C2C(C)NC(C)NC12. The van der Waals surface area contributed by atoms with E-state index in [1.807, 2.05) is 0 Å². The van der Waals surface area contributed by atoms with E-state index in [4.69, 9.17) is 0 Å². The molecule has 0 bridgehead atoms. The average molecular weight is 222 g/mol. The Morgan fingerprint density at radius 1 is 0.938 bits per heavy atom. The summed E-state index contributed by atoms with van der Waals surface area (Å²) in [5.74, 6) is 2.83. The van der Waals surface area contributed by atoms with Gasteiger partial charge in [0.1, 0.15) is 0 Å². The fourth-order valence-corrected chi connectivity index (χ4v) is 3.76. The third kappa shape index (κ3) is 1.72. The van der Waals surface area contributed by atoms with Crippen molar-refractivity contribution in [2.24, 2.45) is 23.7 Å². The van der Waals surface area contributed by atoms with Crippen molar-refractivity contribution in [2.75, 3.05) is 0 Å². The van der Waals surface area contributed by atoms with Gasteiger partial charge in [-0.25, -0.2) is 0 Å². The summed E-state index contributed by atoms with van der Waals surface area (Å²) >= 11 is 0. The summed E-state index contributed by atoms with van der Waals surface area (Å²) in [5, 5.41) is 7.28. The monoisotopic (exact) mass is 222 g/mol. The molecule has 1 saturated carbocycles. The predicted octanol–water partition coefficient (Wildman–Crippen LogP) is 2.38. The zero-order valence-corrected chi connectivity index (χ0v) is 11.2. The molecule has 16 heavy (non-hydrogen) atoms. The number of hydrogen-bond acceptors (Lipinski definition) is 2. The van der Waals surface area contributed by atoms with E-state index in [1.165, 1.54) is 5.57 Å². The van der Waals surface area contributed by atoms with Gasteiger partial charge in [0.15, 0.2) is 0 Å². The first kappa shape index (κ1) is 12.1. The van der Waals surface area contributed by atoms with Crippen LogP contribution in [0.3, 0.4) is 0 Å². The molecule has 2 nitrogen and oxygen atoms in total. The van der Waals surface area contributed by atoms with Crippen LogP contribution in [0.5, 0.6) is 0 Å². The van der Waals surface area contributed by atoms with Crippen LogP contribution < -0.4 is 10.6 Å². The molecule has 0 radical (unpaired) electrons. The minimum Gasteiger partial charge on any atom is -0.299 e. The molecule has 7 atom stereocenters. The fourth-order valence-electron chi connectivity index (χ4n) is 3.76. The van der Waals surface area contributed by atoms with Crippen LogP contribution in [0.4, 0.5) is 0 Å². The Morgan fingerprint density at radius 3 is 2.19 bits per heavy atom. The summed E-state index contributed by atoms with van der Waals surface area (Å²) in [6.07, 6.45) is 0.404. The molecule has 0 aromatic carbocycles. The van der Waals surface area contributed by atoms with Crippen molar-refractivity contribution >= 4 is 0 Å². The molecular formula is C14H26N2. The third-order valence-electron chi connectivity index (χ3n) is 5.11. The Bertz CT molecular complexity index is 286. The van der Waals surface area contributed by atoms with E-state index < -0.39 is 0 Å². The Morgan fingerprint density at radius 2 is 1.56 bits per heavy atom. The second-order valence-corrected chi connectivity index (χ2v) is 5.98. The predicted molar refractivity (Wildman–Crippen MR) is 69.1 cm³/mol. The number of fused-ring (bicyclic) bond motifs is 1. The lowest BCUT2D eigenvalue weighted by Crippen LogP contribution is -2.66. The van der Waals surface area contributed by atoms with E-state index in [9.17, 15) is 0 Å². The van der Waals surface area contributed by atoms with Gasteiger partial charge in [0.25, 0.3) is 0 Å². The van der Waals surface area contributed by atoms with E-state index in [2.05, 4.69) is 51.8 Å². The summed E-state index contributed by atoms with van der Waals surface area (Å²) in [5.41, 5.74) is 1.41. The molecule has 0 amide bonds. The number of hydrogen-bond donors (Lipinski definition) is 2. The highest BCUT2D eigenvalue weighted by Crippen LogP contribution is 2.43. The summed E-state index contributed by atoms with van der Waals surface area (Å²) in [7, 11) is 0. The van der Waals surface area contributed by atoms with Gasteiger partial charge in [-0.05, 0) is 37.5 Å². The van der Waals surface area contributed by atoms with Crippen molar-refractivity contribution in [2.45, 2.75) is 52.9 Å². The molecule has 0 aromatic heterocycles. The molecule has 0 spiro atoms. The van der Waals surface area contributed by atoms with Gasteiger partial charge in [0.2, 0.25) is 0 Å². The minimum absolute atomic E-state index is 0.404. The minimum atomic E-state index is 0.404. The van der Waals surface area contributed by atoms with Gasteiger partial charge in [-0.3, -0.25) is 10.6 Å². The van der Waals surface area contributed by atoms with Gasteiger partial charge in [0.05, 0.1) is 6.17 Å². The van der Waals surface area contributed by atoms with Gasteiger partial charge in [0, 0.05) is 12.1 Å². The highest BCUT2D eigenvalue weighted by Gasteiger charge is 2.45. The standard InChI is InChI=1S/C14H26N2/c1-7-8(2)10(4)14-13(9(7)3)11(5)15-12(6)16-14/h7-9,11-16H,4H2,1-3,5-6H3. The molecule has 2 heteroatoms. The van der Waals surface area contributed by atoms with E-state index in [0.29, 0.717) is 30.1 Å². The van der Waals surface area contributed by atoms with Crippen LogP contribution in [0.15, 0.2) is 12.2 Å². The van der Waals surface area contributed by atoms with Crippen LogP contribution in [-0.4, -0.2) is 18.2 Å². The lowest BCUT2D eigenvalue weighted by Gasteiger charge is -2.52. The molecule has 1 saturated heterocycles. The zero-order chi connectivity index (χ0) is 12.0. The van der Waals surface area contributed by atoms with E-state index >= 15 is 0 Å². The van der Waals surface area contributed by atoms with E-state index in [0.717, 1.165) is 11.8 Å². The lowest BCUT2D eigenvalue weighted by atomic mass is 9.61. The second-order valence-electron chi connectivity index (χ2n) is 5.98. The largest absolute Gasteiger partial charge is 0.299 e.